The molecule has 0 aliphatic rings. The first kappa shape index (κ1) is 24.4. The third-order valence-corrected chi connectivity index (χ3v) is 6.40. The molecule has 4 aromatic rings. The van der Waals surface area contributed by atoms with Crippen molar-refractivity contribution >= 4 is 17.5 Å². The first-order chi connectivity index (χ1) is 16.9. The lowest BCUT2D eigenvalue weighted by molar-refractivity contribution is 0.102. The number of rotatable bonds is 10. The average molecular weight is 495 g/mol. The highest BCUT2D eigenvalue weighted by Gasteiger charge is 2.19. The zero-order valence-corrected chi connectivity index (χ0v) is 20.2. The van der Waals surface area contributed by atoms with Gasteiger partial charge >= 0.3 is 0 Å². The maximum atomic E-state index is 13.3. The SMILES string of the molecule is C=CCn1c(COc2ccc(F)cc2)nnc1SCC(=O)c1cc(C)n(-c2ccc(F)cc2)c1C. The van der Waals surface area contributed by atoms with Crippen LogP contribution in [0.2, 0.25) is 0 Å². The van der Waals surface area contributed by atoms with Gasteiger partial charge in [-0.1, -0.05) is 17.8 Å². The lowest BCUT2D eigenvalue weighted by atomic mass is 10.2. The Kier molecular flexibility index (Phi) is 7.45. The summed E-state index contributed by atoms with van der Waals surface area (Å²) in [6.45, 7) is 8.16. The fraction of sp³-hybridized carbons (Fsp3) is 0.192. The van der Waals surface area contributed by atoms with Crippen LogP contribution in [0.3, 0.4) is 0 Å². The molecule has 0 N–H and O–H groups in total. The number of aryl methyl sites for hydroxylation is 1. The number of allylic oxidation sites excluding steroid dienone is 1. The Morgan fingerprint density at radius 3 is 2.37 bits per heavy atom. The molecule has 4 rings (SSSR count). The largest absolute Gasteiger partial charge is 0.486 e. The van der Waals surface area contributed by atoms with Crippen LogP contribution in [-0.4, -0.2) is 30.9 Å². The summed E-state index contributed by atoms with van der Waals surface area (Å²) in [7, 11) is 0. The minimum Gasteiger partial charge on any atom is -0.486 e. The Morgan fingerprint density at radius 1 is 1.06 bits per heavy atom. The number of ether oxygens (including phenoxy) is 1. The van der Waals surface area contributed by atoms with Crippen LogP contribution in [0.25, 0.3) is 5.69 Å². The van der Waals surface area contributed by atoms with Crippen molar-refractivity contribution in [2.45, 2.75) is 32.2 Å². The molecular weight excluding hydrogens is 470 g/mol. The number of thioether (sulfide) groups is 1. The van der Waals surface area contributed by atoms with Crippen molar-refractivity contribution in [3.63, 3.8) is 0 Å². The highest BCUT2D eigenvalue weighted by Crippen LogP contribution is 2.25. The van der Waals surface area contributed by atoms with Crippen molar-refractivity contribution in [2.24, 2.45) is 0 Å². The van der Waals surface area contributed by atoms with E-state index in [0.29, 0.717) is 28.8 Å². The Hall–Kier alpha value is -3.72. The molecule has 0 aliphatic heterocycles. The van der Waals surface area contributed by atoms with E-state index in [4.69, 9.17) is 4.74 Å². The summed E-state index contributed by atoms with van der Waals surface area (Å²) in [6.07, 6.45) is 1.72. The van der Waals surface area contributed by atoms with Crippen LogP contribution in [0.15, 0.2) is 72.4 Å². The zero-order valence-electron chi connectivity index (χ0n) is 19.4. The molecule has 2 aromatic heterocycles. The maximum Gasteiger partial charge on any atom is 0.192 e. The second kappa shape index (κ2) is 10.7. The highest BCUT2D eigenvalue weighted by molar-refractivity contribution is 7.99. The van der Waals surface area contributed by atoms with Gasteiger partial charge in [-0.3, -0.25) is 9.36 Å². The highest BCUT2D eigenvalue weighted by atomic mass is 32.2. The first-order valence-corrected chi connectivity index (χ1v) is 11.9. The number of hydrogen-bond acceptors (Lipinski definition) is 5. The minimum absolute atomic E-state index is 0.0475. The quantitative estimate of drug-likeness (QED) is 0.161. The minimum atomic E-state index is -0.339. The number of Topliss-reactive ketones (excluding diaryl/α,β-unsaturated/α-hetero) is 1. The van der Waals surface area contributed by atoms with Crippen molar-refractivity contribution in [2.75, 3.05) is 5.75 Å². The molecule has 0 radical (unpaired) electrons. The number of ketones is 1. The van der Waals surface area contributed by atoms with E-state index in [1.54, 1.807) is 30.3 Å². The number of carbonyl (C=O) groups excluding carboxylic acids is 1. The molecule has 0 spiro atoms. The van der Waals surface area contributed by atoms with Crippen molar-refractivity contribution in [3.05, 3.63) is 102 Å². The molecular formula is C26H24F2N4O2S. The summed E-state index contributed by atoms with van der Waals surface area (Å²) < 4.78 is 35.9. The molecule has 0 bridgehead atoms. The van der Waals surface area contributed by atoms with Crippen LogP contribution in [0.5, 0.6) is 5.75 Å². The van der Waals surface area contributed by atoms with Gasteiger partial charge in [0.2, 0.25) is 0 Å². The van der Waals surface area contributed by atoms with E-state index < -0.39 is 0 Å². The van der Waals surface area contributed by atoms with Crippen LogP contribution in [0, 0.1) is 25.5 Å². The Labute approximate surface area is 206 Å². The molecule has 0 saturated heterocycles. The van der Waals surface area contributed by atoms with E-state index in [9.17, 15) is 13.6 Å². The Bertz CT molecular complexity index is 1350. The molecule has 0 saturated carbocycles. The van der Waals surface area contributed by atoms with Crippen molar-refractivity contribution in [1.29, 1.82) is 0 Å². The number of nitrogens with zero attached hydrogens (tertiary/aromatic N) is 4. The van der Waals surface area contributed by atoms with Crippen LogP contribution < -0.4 is 4.74 Å². The standard InChI is InChI=1S/C26H24F2N4O2S/c1-4-13-31-25(15-34-22-11-7-20(28)8-12-22)29-30-26(31)35-16-24(33)23-14-17(2)32(18(23)3)21-9-5-19(27)6-10-21/h4-12,14H,1,13,15-16H2,2-3H3. The van der Waals surface area contributed by atoms with Gasteiger partial charge in [-0.15, -0.1) is 16.8 Å². The molecule has 2 aromatic carbocycles. The molecule has 0 fully saturated rings. The van der Waals surface area contributed by atoms with E-state index in [-0.39, 0.29) is 29.8 Å². The van der Waals surface area contributed by atoms with Gasteiger partial charge in [-0.05, 0) is 68.4 Å². The van der Waals surface area contributed by atoms with E-state index in [2.05, 4.69) is 16.8 Å². The van der Waals surface area contributed by atoms with Gasteiger partial charge in [-0.25, -0.2) is 8.78 Å². The summed E-state index contributed by atoms with van der Waals surface area (Å²) in [6, 6.07) is 13.7. The molecule has 0 unspecified atom stereocenters. The molecule has 2 heterocycles. The van der Waals surface area contributed by atoms with Crippen LogP contribution in [-0.2, 0) is 13.2 Å². The summed E-state index contributed by atoms with van der Waals surface area (Å²) in [5.74, 6) is 0.554. The Balaban J connectivity index is 1.47. The predicted molar refractivity (Wildman–Crippen MR) is 131 cm³/mol. The average Bonchev–Trinajstić information content (AvgIpc) is 3.37. The number of carbonyl (C=O) groups is 1. The van der Waals surface area contributed by atoms with Crippen LogP contribution in [0.1, 0.15) is 27.6 Å². The fourth-order valence-corrected chi connectivity index (χ4v) is 4.61. The predicted octanol–water partition coefficient (Wildman–Crippen LogP) is 5.70. The van der Waals surface area contributed by atoms with Gasteiger partial charge < -0.3 is 9.30 Å². The topological polar surface area (TPSA) is 61.9 Å². The van der Waals surface area contributed by atoms with E-state index in [1.807, 2.05) is 29.0 Å². The smallest absolute Gasteiger partial charge is 0.192 e. The van der Waals surface area contributed by atoms with Gasteiger partial charge in [-0.2, -0.15) is 0 Å². The molecule has 0 amide bonds. The van der Waals surface area contributed by atoms with Crippen molar-refractivity contribution < 1.29 is 18.3 Å². The maximum absolute atomic E-state index is 13.3. The van der Waals surface area contributed by atoms with Gasteiger partial charge in [0.15, 0.2) is 16.8 Å². The third-order valence-electron chi connectivity index (χ3n) is 5.44. The summed E-state index contributed by atoms with van der Waals surface area (Å²) in [5.41, 5.74) is 3.08. The van der Waals surface area contributed by atoms with E-state index in [1.165, 1.54) is 36.0 Å². The lowest BCUT2D eigenvalue weighted by Crippen LogP contribution is -2.09. The fourth-order valence-electron chi connectivity index (χ4n) is 3.76. The molecule has 35 heavy (non-hydrogen) atoms. The van der Waals surface area contributed by atoms with Gasteiger partial charge in [0.25, 0.3) is 0 Å². The summed E-state index contributed by atoms with van der Waals surface area (Å²) >= 11 is 1.28. The number of halogens is 2. The van der Waals surface area contributed by atoms with Crippen LogP contribution in [0.4, 0.5) is 8.78 Å². The monoisotopic (exact) mass is 494 g/mol. The molecule has 9 heteroatoms. The molecule has 6 nitrogen and oxygen atoms in total. The number of hydrogen-bond donors (Lipinski definition) is 0. The summed E-state index contributed by atoms with van der Waals surface area (Å²) in [4.78, 5) is 13.1. The van der Waals surface area contributed by atoms with Gasteiger partial charge in [0, 0.05) is 29.2 Å². The first-order valence-electron chi connectivity index (χ1n) is 10.9. The summed E-state index contributed by atoms with van der Waals surface area (Å²) in [5, 5.41) is 9.00. The van der Waals surface area contributed by atoms with Crippen molar-refractivity contribution in [1.82, 2.24) is 19.3 Å². The Morgan fingerprint density at radius 2 is 1.71 bits per heavy atom. The van der Waals surface area contributed by atoms with Crippen molar-refractivity contribution in [3.8, 4) is 11.4 Å². The van der Waals surface area contributed by atoms with Gasteiger partial charge in [0.05, 0.1) is 5.75 Å². The zero-order chi connectivity index (χ0) is 24.9. The van der Waals surface area contributed by atoms with Gasteiger partial charge in [0.1, 0.15) is 24.0 Å². The van der Waals surface area contributed by atoms with E-state index in [0.717, 1.165) is 17.1 Å². The molecule has 0 atom stereocenters. The normalized spacial score (nSPS) is 11.0. The number of benzene rings is 2. The molecule has 0 aliphatic carbocycles. The van der Waals surface area contributed by atoms with Crippen LogP contribution >= 0.6 is 11.8 Å². The molecule has 180 valence electrons. The second-order valence-corrected chi connectivity index (χ2v) is 8.79. The number of aromatic nitrogens is 4. The lowest BCUT2D eigenvalue weighted by Gasteiger charge is -2.10. The third kappa shape index (κ3) is 5.51. The second-order valence-electron chi connectivity index (χ2n) is 7.85. The van der Waals surface area contributed by atoms with E-state index >= 15 is 0 Å².